The van der Waals surface area contributed by atoms with Crippen LogP contribution in [0.15, 0.2) is 64.9 Å². The molecule has 0 bridgehead atoms. The van der Waals surface area contributed by atoms with Crippen molar-refractivity contribution in [2.75, 3.05) is 13.2 Å². The third-order valence-corrected chi connectivity index (χ3v) is 9.21. The Morgan fingerprint density at radius 3 is 2.67 bits per heavy atom. The second-order valence-corrected chi connectivity index (χ2v) is 12.2. The molecule has 6 atom stereocenters. The first-order valence-electron chi connectivity index (χ1n) is 13.7. The van der Waals surface area contributed by atoms with Crippen molar-refractivity contribution in [3.05, 3.63) is 60.3 Å². The summed E-state index contributed by atoms with van der Waals surface area (Å²) in [6.45, 7) is 8.90. The highest BCUT2D eigenvalue weighted by molar-refractivity contribution is 7.56. The Balaban J connectivity index is 1.80. The average molecular weight is 603 g/mol. The fourth-order valence-corrected chi connectivity index (χ4v) is 6.54. The van der Waals surface area contributed by atoms with Crippen LogP contribution >= 0.6 is 7.52 Å². The number of aliphatic imine (C=N–C) groups is 1. The van der Waals surface area contributed by atoms with Crippen molar-refractivity contribution in [3.8, 4) is 6.07 Å². The van der Waals surface area contributed by atoms with Crippen LogP contribution in [-0.2, 0) is 29.5 Å². The molecule has 42 heavy (non-hydrogen) atoms. The number of allylic oxidation sites excluding steroid dienone is 2. The second-order valence-electron chi connectivity index (χ2n) is 10.0. The van der Waals surface area contributed by atoms with Crippen molar-refractivity contribution in [2.45, 2.75) is 69.9 Å². The highest BCUT2D eigenvalue weighted by atomic mass is 31.2. The standard InChI is InChI=1S/C28H39N6O7P/c1-5-11-22-26(30)31-18-32-34(22)28(17-29)25(36)24(35)23(41-28)15-40-42(38,16-21-12-9-8-10-13-21)33-19(4)27(37)39-14-20(6-2)7-3/h5,8-13,18-20,23-25,35-36H,1,6-7,14-16H2,2-4H3,(H,33,38)(H2,30,31,32)/b22-11-/t19-,23+,24+,25+,28+,42?/m0/s1. The highest BCUT2D eigenvalue weighted by Crippen LogP contribution is 2.48. The number of benzene rings is 1. The second kappa shape index (κ2) is 14.7. The number of nitrogens with one attached hydrogen (secondary N) is 1. The molecule has 0 saturated carbocycles. The van der Waals surface area contributed by atoms with Gasteiger partial charge in [0.05, 0.1) is 19.4 Å². The molecule has 0 spiro atoms. The fourth-order valence-electron chi connectivity index (χ4n) is 4.50. The molecule has 1 aromatic carbocycles. The molecule has 1 fully saturated rings. The predicted octanol–water partition coefficient (Wildman–Crippen LogP) is 2.38. The van der Waals surface area contributed by atoms with Crippen LogP contribution in [0.3, 0.4) is 0 Å². The summed E-state index contributed by atoms with van der Waals surface area (Å²) in [6, 6.07) is 9.76. The lowest BCUT2D eigenvalue weighted by molar-refractivity contribution is -0.146. The van der Waals surface area contributed by atoms with Gasteiger partial charge in [-0.05, 0) is 24.5 Å². The van der Waals surface area contributed by atoms with Gasteiger partial charge < -0.3 is 29.9 Å². The van der Waals surface area contributed by atoms with E-state index in [9.17, 15) is 24.8 Å². The Morgan fingerprint density at radius 1 is 1.36 bits per heavy atom. The van der Waals surface area contributed by atoms with Gasteiger partial charge in [0.15, 0.2) is 5.84 Å². The molecule has 2 aliphatic rings. The molecule has 3 rings (SSSR count). The van der Waals surface area contributed by atoms with Crippen LogP contribution in [0.4, 0.5) is 0 Å². The summed E-state index contributed by atoms with van der Waals surface area (Å²) < 4.78 is 31.3. The van der Waals surface area contributed by atoms with Gasteiger partial charge in [0, 0.05) is 0 Å². The largest absolute Gasteiger partial charge is 0.464 e. The molecular formula is C28H39N6O7P. The normalized spacial score (nSPS) is 26.9. The molecule has 0 aromatic heterocycles. The molecule has 14 heteroatoms. The third-order valence-electron chi connectivity index (χ3n) is 7.08. The van der Waals surface area contributed by atoms with Crippen LogP contribution in [0.25, 0.3) is 0 Å². The molecule has 2 aliphatic heterocycles. The molecule has 228 valence electrons. The number of amidine groups is 1. The molecule has 5 N–H and O–H groups in total. The molecule has 1 unspecified atom stereocenters. The van der Waals surface area contributed by atoms with E-state index in [1.807, 2.05) is 26.0 Å². The SMILES string of the molecule is C=C/C=C1/C(N)=NC=NN1[C@]1(C#N)O[C@H](COP(=O)(Cc2ccccc2)N[C@@H](C)C(=O)OCC(CC)CC)[C@@H](O)[C@H]1O. The van der Waals surface area contributed by atoms with Gasteiger partial charge in [-0.25, -0.2) is 15.1 Å². The lowest BCUT2D eigenvalue weighted by Gasteiger charge is -2.36. The molecule has 1 aromatic rings. The molecule has 0 amide bonds. The quantitative estimate of drug-likeness (QED) is 0.180. The van der Waals surface area contributed by atoms with Crippen LogP contribution < -0.4 is 10.8 Å². The number of aliphatic hydroxyl groups is 2. The summed E-state index contributed by atoms with van der Waals surface area (Å²) in [6.07, 6.45) is 0.737. The Kier molecular flexibility index (Phi) is 11.6. The Labute approximate surface area is 245 Å². The number of hydrogen-bond donors (Lipinski definition) is 4. The summed E-state index contributed by atoms with van der Waals surface area (Å²) in [5.41, 5.74) is 4.51. The van der Waals surface area contributed by atoms with Crippen LogP contribution in [0.1, 0.15) is 39.2 Å². The van der Waals surface area contributed by atoms with Crippen molar-refractivity contribution >= 4 is 25.7 Å². The lowest BCUT2D eigenvalue weighted by Crippen LogP contribution is -2.55. The van der Waals surface area contributed by atoms with E-state index < -0.39 is 50.2 Å². The van der Waals surface area contributed by atoms with E-state index in [-0.39, 0.29) is 30.2 Å². The summed E-state index contributed by atoms with van der Waals surface area (Å²) >= 11 is 0. The summed E-state index contributed by atoms with van der Waals surface area (Å²) in [5, 5.41) is 39.8. The Hall–Kier alpha value is -3.37. The molecule has 0 aliphatic carbocycles. The fraction of sp³-hybridized carbons (Fsp3) is 0.500. The third kappa shape index (κ3) is 7.52. The first-order valence-corrected chi connectivity index (χ1v) is 15.5. The van der Waals surface area contributed by atoms with Crippen molar-refractivity contribution in [3.63, 3.8) is 0 Å². The van der Waals surface area contributed by atoms with Crippen molar-refractivity contribution in [1.29, 1.82) is 5.26 Å². The van der Waals surface area contributed by atoms with E-state index in [0.29, 0.717) is 5.56 Å². The van der Waals surface area contributed by atoms with E-state index in [2.05, 4.69) is 21.8 Å². The van der Waals surface area contributed by atoms with Gasteiger partial charge in [-0.3, -0.25) is 9.36 Å². The zero-order chi connectivity index (χ0) is 30.9. The van der Waals surface area contributed by atoms with Gasteiger partial charge in [-0.15, -0.1) is 0 Å². The Bertz CT molecular complexity index is 1280. The first-order chi connectivity index (χ1) is 20.0. The van der Waals surface area contributed by atoms with E-state index in [4.69, 9.17) is 19.7 Å². The predicted molar refractivity (Wildman–Crippen MR) is 157 cm³/mol. The van der Waals surface area contributed by atoms with Gasteiger partial charge >= 0.3 is 5.97 Å². The molecule has 2 heterocycles. The zero-order valence-electron chi connectivity index (χ0n) is 24.0. The number of carbonyl (C=O) groups excluding carboxylic acids is 1. The summed E-state index contributed by atoms with van der Waals surface area (Å²) in [4.78, 5) is 16.6. The number of hydrazone groups is 1. The maximum Gasteiger partial charge on any atom is 0.323 e. The van der Waals surface area contributed by atoms with Gasteiger partial charge in [-0.1, -0.05) is 69.7 Å². The van der Waals surface area contributed by atoms with E-state index >= 15 is 0 Å². The number of nitrogens with zero attached hydrogens (tertiary/aromatic N) is 4. The molecular weight excluding hydrogens is 563 g/mol. The molecule has 0 radical (unpaired) electrons. The minimum atomic E-state index is -3.84. The lowest BCUT2D eigenvalue weighted by atomic mass is 10.0. The van der Waals surface area contributed by atoms with Crippen molar-refractivity contribution in [2.24, 2.45) is 21.7 Å². The first kappa shape index (κ1) is 33.1. The molecule has 13 nitrogen and oxygen atoms in total. The molecule has 1 saturated heterocycles. The van der Waals surface area contributed by atoms with Gasteiger partial charge in [0.1, 0.15) is 42.5 Å². The van der Waals surface area contributed by atoms with Crippen LogP contribution in [0.5, 0.6) is 0 Å². The van der Waals surface area contributed by atoms with Crippen LogP contribution in [0.2, 0.25) is 0 Å². The minimum Gasteiger partial charge on any atom is -0.464 e. The topological polar surface area (TPSA) is 192 Å². The smallest absolute Gasteiger partial charge is 0.323 e. The average Bonchev–Trinajstić information content (AvgIpc) is 3.23. The van der Waals surface area contributed by atoms with E-state index in [1.165, 1.54) is 19.1 Å². The monoisotopic (exact) mass is 602 g/mol. The number of rotatable bonds is 14. The van der Waals surface area contributed by atoms with Crippen molar-refractivity contribution < 1.29 is 33.6 Å². The van der Waals surface area contributed by atoms with Crippen LogP contribution in [-0.4, -0.2) is 76.7 Å². The van der Waals surface area contributed by atoms with Gasteiger partial charge in [0.25, 0.3) is 13.2 Å². The number of nitrogens with two attached hydrogens (primary N) is 1. The number of hydrogen-bond acceptors (Lipinski definition) is 12. The number of aliphatic hydroxyl groups excluding tert-OH is 2. The highest BCUT2D eigenvalue weighted by Gasteiger charge is 2.60. The van der Waals surface area contributed by atoms with Crippen LogP contribution in [0, 0.1) is 17.2 Å². The van der Waals surface area contributed by atoms with Crippen molar-refractivity contribution in [1.82, 2.24) is 10.1 Å². The number of carbonyl (C=O) groups is 1. The summed E-state index contributed by atoms with van der Waals surface area (Å²) in [5.74, 6) is -0.390. The summed E-state index contributed by atoms with van der Waals surface area (Å²) in [7, 11) is -3.84. The maximum atomic E-state index is 14.1. The maximum absolute atomic E-state index is 14.1. The van der Waals surface area contributed by atoms with E-state index in [0.717, 1.165) is 24.2 Å². The van der Waals surface area contributed by atoms with Gasteiger partial charge in [0.2, 0.25) is 0 Å². The van der Waals surface area contributed by atoms with Gasteiger partial charge in [-0.2, -0.15) is 10.4 Å². The Morgan fingerprint density at radius 2 is 2.05 bits per heavy atom. The number of nitriles is 1. The number of ether oxygens (including phenoxy) is 2. The van der Waals surface area contributed by atoms with E-state index in [1.54, 1.807) is 24.3 Å². The minimum absolute atomic E-state index is 0.0221. The zero-order valence-corrected chi connectivity index (χ0v) is 24.9. The number of esters is 1.